The van der Waals surface area contributed by atoms with Gasteiger partial charge in [0.2, 0.25) is 0 Å². The Kier molecular flexibility index (Phi) is 4.23. The van der Waals surface area contributed by atoms with Gasteiger partial charge in [-0.1, -0.05) is 6.08 Å². The summed E-state index contributed by atoms with van der Waals surface area (Å²) in [6.07, 6.45) is 1.52. The van der Waals surface area contributed by atoms with Crippen molar-refractivity contribution >= 4 is 11.8 Å². The van der Waals surface area contributed by atoms with E-state index in [2.05, 4.69) is 0 Å². The molecule has 1 aromatic rings. The number of aliphatic carboxylic acids is 1. The number of hydrogen-bond donors (Lipinski definition) is 1. The van der Waals surface area contributed by atoms with Gasteiger partial charge < -0.3 is 5.11 Å². The van der Waals surface area contributed by atoms with Gasteiger partial charge in [-0.25, -0.2) is 0 Å². The monoisotopic (exact) mass is 257 g/mol. The summed E-state index contributed by atoms with van der Waals surface area (Å²) < 4.78 is 0. The van der Waals surface area contributed by atoms with E-state index < -0.39 is 11.4 Å². The molecular formula is C15H15NO3. The molecule has 1 N–H and O–H groups in total. The number of ketones is 1. The predicted octanol–water partition coefficient (Wildman–Crippen LogP) is 2.80. The average molecular weight is 257 g/mol. The molecule has 4 heteroatoms. The summed E-state index contributed by atoms with van der Waals surface area (Å²) in [5, 5.41) is 17.9. The van der Waals surface area contributed by atoms with Crippen LogP contribution in [-0.2, 0) is 4.79 Å². The Morgan fingerprint density at radius 3 is 2.16 bits per heavy atom. The molecule has 0 aliphatic heterocycles. The summed E-state index contributed by atoms with van der Waals surface area (Å²) in [7, 11) is 0. The van der Waals surface area contributed by atoms with Crippen LogP contribution in [0.2, 0.25) is 0 Å². The van der Waals surface area contributed by atoms with Crippen molar-refractivity contribution in [2.75, 3.05) is 0 Å². The number of benzene rings is 1. The first-order valence-electron chi connectivity index (χ1n) is 5.79. The van der Waals surface area contributed by atoms with Gasteiger partial charge in [0.25, 0.3) is 0 Å². The molecule has 0 fully saturated rings. The Morgan fingerprint density at radius 2 is 1.79 bits per heavy atom. The molecule has 0 radical (unpaired) electrons. The van der Waals surface area contributed by atoms with Gasteiger partial charge in [-0.15, -0.1) is 0 Å². The maximum atomic E-state index is 12.3. The summed E-state index contributed by atoms with van der Waals surface area (Å²) in [4.78, 5) is 23.5. The molecule has 98 valence electrons. The highest BCUT2D eigenvalue weighted by Crippen LogP contribution is 2.29. The van der Waals surface area contributed by atoms with Crippen molar-refractivity contribution in [2.24, 2.45) is 5.41 Å². The first-order valence-corrected chi connectivity index (χ1v) is 5.79. The van der Waals surface area contributed by atoms with E-state index in [1.165, 1.54) is 44.2 Å². The zero-order valence-electron chi connectivity index (χ0n) is 11.1. The van der Waals surface area contributed by atoms with Crippen molar-refractivity contribution in [1.29, 1.82) is 5.26 Å². The molecule has 0 spiro atoms. The van der Waals surface area contributed by atoms with Crippen molar-refractivity contribution < 1.29 is 14.7 Å². The van der Waals surface area contributed by atoms with Gasteiger partial charge in [-0.3, -0.25) is 9.59 Å². The first kappa shape index (κ1) is 14.7. The molecule has 1 aromatic carbocycles. The Hall–Kier alpha value is -2.41. The number of carbonyl (C=O) groups is 2. The highest BCUT2D eigenvalue weighted by Gasteiger charge is 2.35. The molecule has 0 aliphatic rings. The number of Topliss-reactive ketones (excluding diaryl/α,β-unsaturated/α-hetero) is 1. The van der Waals surface area contributed by atoms with Gasteiger partial charge in [0, 0.05) is 11.1 Å². The molecule has 0 atom stereocenters. The molecule has 4 nitrogen and oxygen atoms in total. The maximum Gasteiger partial charge on any atom is 0.313 e. The van der Waals surface area contributed by atoms with E-state index in [1.807, 2.05) is 6.07 Å². The molecular weight excluding hydrogens is 242 g/mol. The standard InChI is InChI=1S/C15H15NO3/c1-4-12(15(2,3)14(18)19)13(17)11-7-5-10(9-16)6-8-11/h4-8H,1-3H3,(H,18,19). The van der Waals surface area contributed by atoms with Gasteiger partial charge >= 0.3 is 5.97 Å². The number of rotatable bonds is 4. The Balaban J connectivity index is 3.17. The topological polar surface area (TPSA) is 78.2 Å². The van der Waals surface area contributed by atoms with Gasteiger partial charge in [0.1, 0.15) is 0 Å². The predicted molar refractivity (Wildman–Crippen MR) is 70.7 cm³/mol. The van der Waals surface area contributed by atoms with Crippen LogP contribution in [0, 0.1) is 16.7 Å². The van der Waals surface area contributed by atoms with Crippen molar-refractivity contribution in [3.8, 4) is 6.07 Å². The van der Waals surface area contributed by atoms with Crippen molar-refractivity contribution in [1.82, 2.24) is 0 Å². The quantitative estimate of drug-likeness (QED) is 0.664. The smallest absolute Gasteiger partial charge is 0.313 e. The van der Waals surface area contributed by atoms with Crippen molar-refractivity contribution in [3.05, 3.63) is 47.0 Å². The third kappa shape index (κ3) is 2.89. The second kappa shape index (κ2) is 5.49. The fourth-order valence-electron chi connectivity index (χ4n) is 1.74. The minimum Gasteiger partial charge on any atom is -0.481 e. The Morgan fingerprint density at radius 1 is 1.26 bits per heavy atom. The van der Waals surface area contributed by atoms with Crippen LogP contribution in [0.25, 0.3) is 0 Å². The second-order valence-electron chi connectivity index (χ2n) is 4.65. The van der Waals surface area contributed by atoms with Crippen molar-refractivity contribution in [3.63, 3.8) is 0 Å². The Bertz CT molecular complexity index is 574. The molecule has 0 unspecified atom stereocenters. The SMILES string of the molecule is CC=C(C(=O)c1ccc(C#N)cc1)C(C)(C)C(=O)O. The zero-order valence-corrected chi connectivity index (χ0v) is 11.1. The van der Waals surface area contributed by atoms with Crippen LogP contribution < -0.4 is 0 Å². The second-order valence-corrected chi connectivity index (χ2v) is 4.65. The summed E-state index contributed by atoms with van der Waals surface area (Å²) in [6.45, 7) is 4.62. The van der Waals surface area contributed by atoms with Gasteiger partial charge in [-0.2, -0.15) is 5.26 Å². The lowest BCUT2D eigenvalue weighted by Gasteiger charge is -2.22. The number of hydrogen-bond acceptors (Lipinski definition) is 3. The number of allylic oxidation sites excluding steroid dienone is 1. The molecule has 0 aromatic heterocycles. The molecule has 19 heavy (non-hydrogen) atoms. The lowest BCUT2D eigenvalue weighted by Crippen LogP contribution is -2.30. The fraction of sp³-hybridized carbons (Fsp3) is 0.267. The highest BCUT2D eigenvalue weighted by molar-refractivity contribution is 6.12. The summed E-state index contributed by atoms with van der Waals surface area (Å²) in [5.41, 5.74) is -0.193. The minimum absolute atomic E-state index is 0.227. The van der Waals surface area contributed by atoms with Crippen LogP contribution in [0.5, 0.6) is 0 Å². The summed E-state index contributed by atoms with van der Waals surface area (Å²) in [5.74, 6) is -1.39. The van der Waals surface area contributed by atoms with E-state index in [0.717, 1.165) is 0 Å². The van der Waals surface area contributed by atoms with E-state index >= 15 is 0 Å². The highest BCUT2D eigenvalue weighted by atomic mass is 16.4. The van der Waals surface area contributed by atoms with Gasteiger partial charge in [0.15, 0.2) is 5.78 Å². The number of nitriles is 1. The molecule has 0 aliphatic carbocycles. The van der Waals surface area contributed by atoms with E-state index in [0.29, 0.717) is 11.1 Å². The Labute approximate surface area is 112 Å². The third-order valence-electron chi connectivity index (χ3n) is 3.02. The maximum absolute atomic E-state index is 12.3. The van der Waals surface area contributed by atoms with Gasteiger partial charge in [-0.05, 0) is 45.0 Å². The molecule has 0 saturated carbocycles. The number of nitrogens with zero attached hydrogens (tertiary/aromatic N) is 1. The van der Waals surface area contributed by atoms with E-state index in [9.17, 15) is 14.7 Å². The summed E-state index contributed by atoms with van der Waals surface area (Å²) in [6, 6.07) is 8.10. The van der Waals surface area contributed by atoms with Crippen LogP contribution in [0.3, 0.4) is 0 Å². The average Bonchev–Trinajstić information content (AvgIpc) is 2.39. The molecule has 0 bridgehead atoms. The first-order chi connectivity index (χ1) is 8.84. The van der Waals surface area contributed by atoms with E-state index in [1.54, 1.807) is 6.92 Å². The number of carbonyl (C=O) groups excluding carboxylic acids is 1. The van der Waals surface area contributed by atoms with Crippen LogP contribution in [0.1, 0.15) is 36.7 Å². The molecule has 0 heterocycles. The van der Waals surface area contributed by atoms with Crippen LogP contribution in [-0.4, -0.2) is 16.9 Å². The largest absolute Gasteiger partial charge is 0.481 e. The molecule has 1 rings (SSSR count). The lowest BCUT2D eigenvalue weighted by atomic mass is 9.80. The van der Waals surface area contributed by atoms with Crippen LogP contribution in [0.15, 0.2) is 35.9 Å². The van der Waals surface area contributed by atoms with Gasteiger partial charge in [0.05, 0.1) is 17.0 Å². The number of carboxylic acid groups (broad SMARTS) is 1. The fourth-order valence-corrected chi connectivity index (χ4v) is 1.74. The zero-order chi connectivity index (χ0) is 14.6. The lowest BCUT2D eigenvalue weighted by molar-refractivity contribution is -0.144. The normalized spacial score (nSPS) is 11.8. The van der Waals surface area contributed by atoms with Crippen LogP contribution >= 0.6 is 0 Å². The summed E-state index contributed by atoms with van der Waals surface area (Å²) >= 11 is 0. The third-order valence-corrected chi connectivity index (χ3v) is 3.02. The van der Waals surface area contributed by atoms with E-state index in [4.69, 9.17) is 5.26 Å². The van der Waals surface area contributed by atoms with Crippen LogP contribution in [0.4, 0.5) is 0 Å². The molecule has 0 amide bonds. The van der Waals surface area contributed by atoms with E-state index in [-0.39, 0.29) is 11.4 Å². The molecule has 0 saturated heterocycles. The van der Waals surface area contributed by atoms with Crippen molar-refractivity contribution in [2.45, 2.75) is 20.8 Å². The number of carboxylic acids is 1. The minimum atomic E-state index is -1.25.